The van der Waals surface area contributed by atoms with Crippen LogP contribution < -0.4 is 0 Å². The fourth-order valence-corrected chi connectivity index (χ4v) is 4.13. The van der Waals surface area contributed by atoms with Gasteiger partial charge in [0.25, 0.3) is 0 Å². The largest absolute Gasteiger partial charge is 0.394 e. The summed E-state index contributed by atoms with van der Waals surface area (Å²) in [4.78, 5) is 0. The molecule has 0 bridgehead atoms. The Kier molecular flexibility index (Phi) is 9.24. The van der Waals surface area contributed by atoms with E-state index >= 15 is 0 Å². The fourth-order valence-electron chi connectivity index (χ4n) is 4.13. The predicted molar refractivity (Wildman–Crippen MR) is 118 cm³/mol. The average molecular weight is 471 g/mol. The SMILES string of the molecule is CCCCO[C@@H]1COC(c2ccccc2)O[C@H]1[C@@H]1OC(C)(OC)C(C)(OC)O[C@H]1[C@@H](O)CO. The Morgan fingerprint density at radius 3 is 2.33 bits per heavy atom. The van der Waals surface area contributed by atoms with Gasteiger partial charge >= 0.3 is 0 Å². The Morgan fingerprint density at radius 2 is 1.73 bits per heavy atom. The smallest absolute Gasteiger partial charge is 0.220 e. The maximum absolute atomic E-state index is 10.7. The molecule has 0 spiro atoms. The lowest BCUT2D eigenvalue weighted by Gasteiger charge is -2.55. The van der Waals surface area contributed by atoms with E-state index in [2.05, 4.69) is 6.92 Å². The molecule has 2 heterocycles. The molecule has 9 heteroatoms. The second kappa shape index (κ2) is 11.5. The minimum atomic E-state index is -1.35. The molecule has 1 aromatic carbocycles. The molecule has 0 aromatic heterocycles. The van der Waals surface area contributed by atoms with E-state index in [9.17, 15) is 10.2 Å². The van der Waals surface area contributed by atoms with E-state index in [0.717, 1.165) is 18.4 Å². The first-order chi connectivity index (χ1) is 15.8. The molecule has 8 atom stereocenters. The van der Waals surface area contributed by atoms with Crippen molar-refractivity contribution in [3.8, 4) is 0 Å². The van der Waals surface area contributed by atoms with Crippen LogP contribution in [-0.2, 0) is 33.2 Å². The first-order valence-electron chi connectivity index (χ1n) is 11.5. The van der Waals surface area contributed by atoms with Crippen LogP contribution >= 0.6 is 0 Å². The molecule has 33 heavy (non-hydrogen) atoms. The van der Waals surface area contributed by atoms with Gasteiger partial charge < -0.3 is 43.4 Å². The molecule has 2 saturated heterocycles. The van der Waals surface area contributed by atoms with E-state index in [1.807, 2.05) is 30.3 Å². The topological polar surface area (TPSA) is 105 Å². The number of unbranched alkanes of at least 4 members (excludes halogenated alkanes) is 1. The van der Waals surface area contributed by atoms with E-state index < -0.39 is 55.0 Å². The van der Waals surface area contributed by atoms with Crippen LogP contribution in [0.25, 0.3) is 0 Å². The fraction of sp³-hybridized carbons (Fsp3) is 0.750. The molecule has 3 rings (SSSR count). The molecule has 3 unspecified atom stereocenters. The standard InChI is InChI=1S/C24H38O9/c1-6-7-13-29-18-15-30-22(16-11-9-8-10-12-16)31-20(18)21-19(17(26)14-25)32-23(2,27-4)24(3,28-5)33-21/h8-12,17-22,25-26H,6-7,13-15H2,1-5H3/t17-,18+,19-,20+,21+,22?,23?,24?/m0/s1. The Labute approximate surface area is 195 Å². The zero-order valence-corrected chi connectivity index (χ0v) is 20.1. The van der Waals surface area contributed by atoms with Crippen molar-refractivity contribution < 1.29 is 43.4 Å². The van der Waals surface area contributed by atoms with Crippen LogP contribution in [0.2, 0.25) is 0 Å². The second-order valence-electron chi connectivity index (χ2n) is 8.65. The molecular weight excluding hydrogens is 432 g/mol. The van der Waals surface area contributed by atoms with Gasteiger partial charge in [0, 0.05) is 26.4 Å². The first-order valence-corrected chi connectivity index (χ1v) is 11.5. The van der Waals surface area contributed by atoms with Crippen molar-refractivity contribution in [1.82, 2.24) is 0 Å². The van der Waals surface area contributed by atoms with Crippen molar-refractivity contribution in [3.63, 3.8) is 0 Å². The number of ether oxygens (including phenoxy) is 7. The van der Waals surface area contributed by atoms with Crippen LogP contribution in [0.15, 0.2) is 30.3 Å². The van der Waals surface area contributed by atoms with Crippen molar-refractivity contribution in [2.75, 3.05) is 34.0 Å². The third-order valence-electron chi connectivity index (χ3n) is 6.50. The Morgan fingerprint density at radius 1 is 1.06 bits per heavy atom. The highest BCUT2D eigenvalue weighted by Crippen LogP contribution is 2.43. The third kappa shape index (κ3) is 5.58. The Balaban J connectivity index is 1.94. The van der Waals surface area contributed by atoms with Gasteiger partial charge in [-0.15, -0.1) is 0 Å². The van der Waals surface area contributed by atoms with Gasteiger partial charge in [0.1, 0.15) is 30.5 Å². The van der Waals surface area contributed by atoms with Crippen molar-refractivity contribution in [2.45, 2.75) is 82.0 Å². The molecule has 2 N–H and O–H groups in total. The number of aliphatic hydroxyl groups is 2. The number of rotatable bonds is 10. The molecule has 0 radical (unpaired) electrons. The zero-order valence-electron chi connectivity index (χ0n) is 20.1. The van der Waals surface area contributed by atoms with Crippen molar-refractivity contribution in [2.24, 2.45) is 0 Å². The van der Waals surface area contributed by atoms with E-state index in [0.29, 0.717) is 6.61 Å². The molecule has 1 aromatic rings. The summed E-state index contributed by atoms with van der Waals surface area (Å²) in [6.45, 7) is 5.71. The number of hydrogen-bond acceptors (Lipinski definition) is 9. The molecule has 2 aliphatic rings. The maximum atomic E-state index is 10.7. The minimum absolute atomic E-state index is 0.265. The second-order valence-corrected chi connectivity index (χ2v) is 8.65. The van der Waals surface area contributed by atoms with Gasteiger partial charge in [0.05, 0.1) is 13.2 Å². The number of benzene rings is 1. The first kappa shape index (κ1) is 26.5. The van der Waals surface area contributed by atoms with Gasteiger partial charge in [-0.3, -0.25) is 0 Å². The number of hydrogen-bond donors (Lipinski definition) is 2. The summed E-state index contributed by atoms with van der Waals surface area (Å²) < 4.78 is 42.3. The predicted octanol–water partition coefficient (Wildman–Crippen LogP) is 2.15. The molecule has 188 valence electrons. The number of aliphatic hydroxyl groups excluding tert-OH is 2. The van der Waals surface area contributed by atoms with Gasteiger partial charge in [0.15, 0.2) is 6.29 Å². The maximum Gasteiger partial charge on any atom is 0.220 e. The summed E-state index contributed by atoms with van der Waals surface area (Å²) in [6.07, 6.45) is -3.01. The molecular formula is C24H38O9. The molecule has 0 amide bonds. The molecule has 2 aliphatic heterocycles. The van der Waals surface area contributed by atoms with Crippen LogP contribution in [-0.4, -0.2) is 86.3 Å². The van der Waals surface area contributed by atoms with Crippen LogP contribution in [0.4, 0.5) is 0 Å². The minimum Gasteiger partial charge on any atom is -0.394 e. The summed E-state index contributed by atoms with van der Waals surface area (Å²) in [5, 5.41) is 20.4. The van der Waals surface area contributed by atoms with Gasteiger partial charge in [-0.25, -0.2) is 0 Å². The van der Waals surface area contributed by atoms with Gasteiger partial charge in [-0.2, -0.15) is 0 Å². The van der Waals surface area contributed by atoms with Crippen LogP contribution in [0.5, 0.6) is 0 Å². The summed E-state index contributed by atoms with van der Waals surface area (Å²) in [5.74, 6) is -2.67. The normalized spacial score (nSPS) is 38.2. The lowest BCUT2D eigenvalue weighted by molar-refractivity contribution is -0.468. The summed E-state index contributed by atoms with van der Waals surface area (Å²) in [5.41, 5.74) is 0.849. The van der Waals surface area contributed by atoms with Crippen molar-refractivity contribution in [1.29, 1.82) is 0 Å². The van der Waals surface area contributed by atoms with Crippen LogP contribution in [0.1, 0.15) is 45.5 Å². The molecule has 2 fully saturated rings. The zero-order chi connectivity index (χ0) is 24.1. The Bertz CT molecular complexity index is 719. The quantitative estimate of drug-likeness (QED) is 0.498. The Hall–Kier alpha value is -1.14. The molecule has 9 nitrogen and oxygen atoms in total. The summed E-state index contributed by atoms with van der Waals surface area (Å²) in [6, 6.07) is 9.57. The molecule has 0 aliphatic carbocycles. The highest BCUT2D eigenvalue weighted by Gasteiger charge is 2.61. The molecule has 0 saturated carbocycles. The van der Waals surface area contributed by atoms with E-state index in [4.69, 9.17) is 33.2 Å². The monoisotopic (exact) mass is 470 g/mol. The lowest BCUT2D eigenvalue weighted by atomic mass is 9.93. The van der Waals surface area contributed by atoms with Crippen LogP contribution in [0, 0.1) is 0 Å². The van der Waals surface area contributed by atoms with Gasteiger partial charge in [-0.1, -0.05) is 43.7 Å². The number of methoxy groups -OCH3 is 2. The van der Waals surface area contributed by atoms with Crippen LogP contribution in [0.3, 0.4) is 0 Å². The van der Waals surface area contributed by atoms with Crippen molar-refractivity contribution in [3.05, 3.63) is 35.9 Å². The summed E-state index contributed by atoms with van der Waals surface area (Å²) in [7, 11) is 2.96. The third-order valence-corrected chi connectivity index (χ3v) is 6.50. The highest BCUT2D eigenvalue weighted by atomic mass is 16.8. The highest BCUT2D eigenvalue weighted by molar-refractivity contribution is 5.16. The van der Waals surface area contributed by atoms with E-state index in [1.54, 1.807) is 13.8 Å². The van der Waals surface area contributed by atoms with E-state index in [-0.39, 0.29) is 6.61 Å². The van der Waals surface area contributed by atoms with Gasteiger partial charge in [-0.05, 0) is 20.3 Å². The average Bonchev–Trinajstić information content (AvgIpc) is 2.85. The van der Waals surface area contributed by atoms with E-state index in [1.165, 1.54) is 14.2 Å². The lowest BCUT2D eigenvalue weighted by Crippen LogP contribution is -2.71. The van der Waals surface area contributed by atoms with Crippen molar-refractivity contribution >= 4 is 0 Å². The van der Waals surface area contributed by atoms with Gasteiger partial charge in [0.2, 0.25) is 11.6 Å². The summed E-state index contributed by atoms with van der Waals surface area (Å²) >= 11 is 0.